The van der Waals surface area contributed by atoms with Crippen LogP contribution < -0.4 is 30.5 Å². The van der Waals surface area contributed by atoms with Gasteiger partial charge in [-0.2, -0.15) is 4.98 Å². The highest BCUT2D eigenvalue weighted by molar-refractivity contribution is 6.04. The Morgan fingerprint density at radius 2 is 1.89 bits per heavy atom. The van der Waals surface area contributed by atoms with Gasteiger partial charge in [0.25, 0.3) is 5.91 Å². The van der Waals surface area contributed by atoms with E-state index in [4.69, 9.17) is 19.2 Å². The molecule has 0 spiro atoms. The number of unbranched alkanes of at least 4 members (excludes halogenated alkanes) is 1. The van der Waals surface area contributed by atoms with E-state index in [0.717, 1.165) is 70.3 Å². The van der Waals surface area contributed by atoms with E-state index in [2.05, 4.69) is 32.8 Å². The fourth-order valence-corrected chi connectivity index (χ4v) is 6.47. The van der Waals surface area contributed by atoms with Crippen LogP contribution in [0.1, 0.15) is 75.1 Å². The Morgan fingerprint density at radius 3 is 2.64 bits per heavy atom. The number of ether oxygens (including phenoxy) is 3. The maximum absolute atomic E-state index is 13.2. The Balaban J connectivity index is 1.12. The number of piperidine rings is 1. The highest BCUT2D eigenvalue weighted by atomic mass is 16.5. The Labute approximate surface area is 266 Å². The number of aromatic nitrogens is 2. The lowest BCUT2D eigenvalue weighted by Gasteiger charge is -2.43. The third kappa shape index (κ3) is 8.22. The molecule has 1 saturated carbocycles. The van der Waals surface area contributed by atoms with Crippen molar-refractivity contribution in [3.05, 3.63) is 30.0 Å². The average molecular weight is 624 g/mol. The van der Waals surface area contributed by atoms with Crippen molar-refractivity contribution in [1.82, 2.24) is 20.6 Å². The van der Waals surface area contributed by atoms with Gasteiger partial charge in [-0.05, 0) is 76.2 Å². The van der Waals surface area contributed by atoms with E-state index >= 15 is 0 Å². The minimum Gasteiger partial charge on any atom is -0.495 e. The van der Waals surface area contributed by atoms with Gasteiger partial charge in [0, 0.05) is 31.8 Å². The van der Waals surface area contributed by atoms with Gasteiger partial charge >= 0.3 is 0 Å². The number of carbonyl (C=O) groups is 2. The molecule has 2 aliphatic heterocycles. The van der Waals surface area contributed by atoms with Crippen LogP contribution >= 0.6 is 0 Å². The molecule has 246 valence electrons. The lowest BCUT2D eigenvalue weighted by Crippen LogP contribution is -2.55. The Hall–Kier alpha value is -3.48. The quantitative estimate of drug-likeness (QED) is 0.250. The molecule has 1 aromatic carbocycles. The van der Waals surface area contributed by atoms with Crippen LogP contribution in [0.4, 0.5) is 23.1 Å². The van der Waals surface area contributed by atoms with E-state index in [0.29, 0.717) is 67.5 Å². The van der Waals surface area contributed by atoms with Crippen LogP contribution in [0.3, 0.4) is 0 Å². The van der Waals surface area contributed by atoms with E-state index in [1.165, 1.54) is 0 Å². The van der Waals surface area contributed by atoms with Gasteiger partial charge in [-0.1, -0.05) is 19.8 Å². The molecule has 45 heavy (non-hydrogen) atoms. The Morgan fingerprint density at radius 1 is 1.09 bits per heavy atom. The van der Waals surface area contributed by atoms with Crippen molar-refractivity contribution in [2.75, 3.05) is 68.7 Å². The van der Waals surface area contributed by atoms with Gasteiger partial charge in [-0.15, -0.1) is 0 Å². The molecule has 3 N–H and O–H groups in total. The Bertz CT molecular complexity index is 1280. The number of hydrogen-bond acceptors (Lipinski definition) is 10. The molecule has 3 heterocycles. The van der Waals surface area contributed by atoms with Gasteiger partial charge in [0.1, 0.15) is 17.5 Å². The standard InChI is InChI=1S/C33H49N7O5/c1-4-27-32(42)39(2)28-22-36-33(38-30(28)40(27)24-9-5-6-10-24)37-26-12-11-23(21-29(26)43-3)31(41)35-15-7-8-18-44-19-20-45-25-13-16-34-17-14-25/h11-12,21-22,24-25,27,34H,4-10,13-20H2,1-3H3,(H,35,41)(H,36,37,38). The molecule has 2 aromatic rings. The number of anilines is 4. The molecule has 1 unspecified atom stereocenters. The number of nitrogens with one attached hydrogen (secondary N) is 3. The van der Waals surface area contributed by atoms with E-state index in [1.807, 2.05) is 0 Å². The monoisotopic (exact) mass is 623 g/mol. The SMILES string of the molecule is CCC1C(=O)N(C)c2cnc(Nc3ccc(C(=O)NCCCCOCCOC4CCNCC4)cc3OC)nc2N1C1CCCC1. The number of likely N-dealkylation sites (N-methyl/N-ethyl adjacent to an activating group) is 1. The lowest BCUT2D eigenvalue weighted by atomic mass is 10.0. The third-order valence-electron chi connectivity index (χ3n) is 8.99. The van der Waals surface area contributed by atoms with Gasteiger partial charge in [0.15, 0.2) is 5.82 Å². The summed E-state index contributed by atoms with van der Waals surface area (Å²) in [4.78, 5) is 39.3. The van der Waals surface area contributed by atoms with Crippen molar-refractivity contribution in [3.63, 3.8) is 0 Å². The second kappa shape index (κ2) is 16.2. The van der Waals surface area contributed by atoms with Crippen LogP contribution in [0.5, 0.6) is 5.75 Å². The number of nitrogens with zero attached hydrogens (tertiary/aromatic N) is 4. The fourth-order valence-electron chi connectivity index (χ4n) is 6.47. The number of fused-ring (bicyclic) bond motifs is 1. The second-order valence-corrected chi connectivity index (χ2v) is 12.0. The fraction of sp³-hybridized carbons (Fsp3) is 0.636. The smallest absolute Gasteiger partial charge is 0.251 e. The Kier molecular flexibility index (Phi) is 11.8. The minimum atomic E-state index is -0.239. The lowest BCUT2D eigenvalue weighted by molar-refractivity contribution is -0.120. The van der Waals surface area contributed by atoms with E-state index in [1.54, 1.807) is 43.5 Å². The maximum Gasteiger partial charge on any atom is 0.251 e. The summed E-state index contributed by atoms with van der Waals surface area (Å²) in [6.45, 7) is 6.54. The number of hydrogen-bond donors (Lipinski definition) is 3. The number of methoxy groups -OCH3 is 1. The first-order chi connectivity index (χ1) is 22.0. The van der Waals surface area contributed by atoms with Crippen LogP contribution in [0, 0.1) is 0 Å². The van der Waals surface area contributed by atoms with Gasteiger partial charge in [-0.3, -0.25) is 9.59 Å². The van der Waals surface area contributed by atoms with Crippen molar-refractivity contribution in [1.29, 1.82) is 0 Å². The van der Waals surface area contributed by atoms with Crippen molar-refractivity contribution in [2.45, 2.75) is 82.9 Å². The highest BCUT2D eigenvalue weighted by Gasteiger charge is 2.41. The number of amides is 2. The van der Waals surface area contributed by atoms with Gasteiger partial charge in [0.05, 0.1) is 38.3 Å². The van der Waals surface area contributed by atoms with Crippen molar-refractivity contribution < 1.29 is 23.8 Å². The summed E-state index contributed by atoms with van der Waals surface area (Å²) >= 11 is 0. The molecule has 1 atom stereocenters. The molecule has 5 rings (SSSR count). The first-order valence-corrected chi connectivity index (χ1v) is 16.6. The van der Waals surface area contributed by atoms with Gasteiger partial charge in [-0.25, -0.2) is 4.98 Å². The largest absolute Gasteiger partial charge is 0.495 e. The zero-order chi connectivity index (χ0) is 31.6. The van der Waals surface area contributed by atoms with Crippen LogP contribution in [-0.4, -0.2) is 93.6 Å². The zero-order valence-electron chi connectivity index (χ0n) is 27.0. The van der Waals surface area contributed by atoms with E-state index in [-0.39, 0.29) is 23.9 Å². The van der Waals surface area contributed by atoms with Crippen molar-refractivity contribution in [2.24, 2.45) is 0 Å². The summed E-state index contributed by atoms with van der Waals surface area (Å²) in [6, 6.07) is 5.32. The topological polar surface area (TPSA) is 130 Å². The zero-order valence-corrected chi connectivity index (χ0v) is 27.0. The predicted molar refractivity (Wildman–Crippen MR) is 175 cm³/mol. The summed E-state index contributed by atoms with van der Waals surface area (Å²) in [6.07, 6.45) is 11.0. The molecule has 2 fully saturated rings. The molecule has 0 radical (unpaired) electrons. The third-order valence-corrected chi connectivity index (χ3v) is 8.99. The van der Waals surface area contributed by atoms with Crippen molar-refractivity contribution >= 4 is 35.0 Å². The molecule has 12 heteroatoms. The van der Waals surface area contributed by atoms with Gasteiger partial charge in [0.2, 0.25) is 11.9 Å². The molecular weight excluding hydrogens is 574 g/mol. The van der Waals surface area contributed by atoms with Crippen LogP contribution in [-0.2, 0) is 14.3 Å². The van der Waals surface area contributed by atoms with Gasteiger partial charge < -0.3 is 40.0 Å². The first kappa shape index (κ1) is 32.9. The van der Waals surface area contributed by atoms with E-state index < -0.39 is 0 Å². The van der Waals surface area contributed by atoms with Crippen LogP contribution in [0.25, 0.3) is 0 Å². The average Bonchev–Trinajstić information content (AvgIpc) is 3.60. The number of carbonyl (C=O) groups excluding carboxylic acids is 2. The minimum absolute atomic E-state index is 0.0820. The summed E-state index contributed by atoms with van der Waals surface area (Å²) in [7, 11) is 3.36. The highest BCUT2D eigenvalue weighted by Crippen LogP contribution is 2.40. The molecule has 12 nitrogen and oxygen atoms in total. The molecule has 1 aliphatic carbocycles. The van der Waals surface area contributed by atoms with E-state index in [9.17, 15) is 9.59 Å². The predicted octanol–water partition coefficient (Wildman–Crippen LogP) is 4.03. The normalized spacial score (nSPS) is 19.1. The summed E-state index contributed by atoms with van der Waals surface area (Å²) in [5, 5.41) is 9.60. The van der Waals surface area contributed by atoms with Crippen LogP contribution in [0.15, 0.2) is 24.4 Å². The second-order valence-electron chi connectivity index (χ2n) is 12.0. The maximum atomic E-state index is 13.2. The molecular formula is C33H49N7O5. The molecule has 3 aliphatic rings. The number of benzene rings is 1. The molecule has 0 bridgehead atoms. The number of rotatable bonds is 15. The van der Waals surface area contributed by atoms with Crippen LogP contribution in [0.2, 0.25) is 0 Å². The molecule has 1 aromatic heterocycles. The summed E-state index contributed by atoms with van der Waals surface area (Å²) < 4.78 is 17.2. The first-order valence-electron chi connectivity index (χ1n) is 16.6. The summed E-state index contributed by atoms with van der Waals surface area (Å²) in [5.41, 5.74) is 1.87. The molecule has 1 saturated heterocycles. The molecule has 2 amide bonds. The summed E-state index contributed by atoms with van der Waals surface area (Å²) in [5.74, 6) is 1.62. The van der Waals surface area contributed by atoms with Crippen molar-refractivity contribution in [3.8, 4) is 5.75 Å².